The maximum Gasteiger partial charge on any atom is 0.0779 e. The second-order valence-corrected chi connectivity index (χ2v) is 5.55. The summed E-state index contributed by atoms with van der Waals surface area (Å²) in [4.78, 5) is 0. The summed E-state index contributed by atoms with van der Waals surface area (Å²) in [6.07, 6.45) is -0.493. The third-order valence-electron chi connectivity index (χ3n) is 2.15. The van der Waals surface area contributed by atoms with E-state index in [1.165, 1.54) is 0 Å². The lowest BCUT2D eigenvalue weighted by atomic mass is 10.2. The first-order valence-electron chi connectivity index (χ1n) is 4.68. The molecule has 3 nitrogen and oxygen atoms in total. The monoisotopic (exact) mass is 207 g/mol. The van der Waals surface area contributed by atoms with Gasteiger partial charge < -0.3 is 10.4 Å². The predicted octanol–water partition coefficient (Wildman–Crippen LogP) is 0.360. The molecule has 0 saturated heterocycles. The maximum absolute atomic E-state index is 11.6. The Morgan fingerprint density at radius 2 is 1.92 bits per heavy atom. The van der Waals surface area contributed by atoms with E-state index in [-0.39, 0.29) is 5.25 Å². The third-order valence-corrected chi connectivity index (χ3v) is 4.24. The molecule has 13 heavy (non-hydrogen) atoms. The smallest absolute Gasteiger partial charge is 0.0779 e. The van der Waals surface area contributed by atoms with E-state index in [9.17, 15) is 9.32 Å². The number of likely N-dealkylation sites (N-methyl/N-ethyl adjacent to an activating group) is 1. The molecule has 3 atom stereocenters. The standard InChI is InChI=1S/C9H21NO2S/c1-7(2)8(3)13(12)6-9(11)5-10-4/h7-11H,5-6H2,1-4H3. The SMILES string of the molecule is CNCC(O)CS(=O)C(C)C(C)C. The highest BCUT2D eigenvalue weighted by Gasteiger charge is 2.17. The van der Waals surface area contributed by atoms with Gasteiger partial charge in [0.15, 0.2) is 0 Å². The molecule has 0 aliphatic carbocycles. The highest BCUT2D eigenvalue weighted by molar-refractivity contribution is 7.85. The van der Waals surface area contributed by atoms with Crippen LogP contribution in [0.3, 0.4) is 0 Å². The Morgan fingerprint density at radius 3 is 2.31 bits per heavy atom. The molecule has 0 fully saturated rings. The van der Waals surface area contributed by atoms with E-state index >= 15 is 0 Å². The Kier molecular flexibility index (Phi) is 6.55. The van der Waals surface area contributed by atoms with Crippen molar-refractivity contribution in [3.05, 3.63) is 0 Å². The molecule has 0 aliphatic rings. The Balaban J connectivity index is 3.85. The van der Waals surface area contributed by atoms with Crippen molar-refractivity contribution in [1.82, 2.24) is 5.32 Å². The van der Waals surface area contributed by atoms with Crippen LogP contribution in [0, 0.1) is 5.92 Å². The summed E-state index contributed by atoms with van der Waals surface area (Å²) in [6.45, 7) is 6.57. The molecule has 0 rings (SSSR count). The van der Waals surface area contributed by atoms with Crippen LogP contribution < -0.4 is 5.32 Å². The van der Waals surface area contributed by atoms with Gasteiger partial charge in [-0.25, -0.2) is 0 Å². The van der Waals surface area contributed by atoms with E-state index in [1.54, 1.807) is 7.05 Å². The number of aliphatic hydroxyl groups excluding tert-OH is 1. The van der Waals surface area contributed by atoms with Gasteiger partial charge in [-0.15, -0.1) is 0 Å². The quantitative estimate of drug-likeness (QED) is 0.661. The van der Waals surface area contributed by atoms with E-state index in [1.807, 2.05) is 20.8 Å². The number of hydrogen-bond donors (Lipinski definition) is 2. The lowest BCUT2D eigenvalue weighted by molar-refractivity contribution is 0.197. The molecule has 0 radical (unpaired) electrons. The minimum absolute atomic E-state index is 0.159. The molecule has 80 valence electrons. The molecular formula is C9H21NO2S. The molecule has 0 bridgehead atoms. The van der Waals surface area contributed by atoms with Crippen molar-refractivity contribution in [2.45, 2.75) is 32.1 Å². The van der Waals surface area contributed by atoms with Crippen molar-refractivity contribution in [2.75, 3.05) is 19.3 Å². The fraction of sp³-hybridized carbons (Fsp3) is 1.00. The zero-order chi connectivity index (χ0) is 10.4. The Bertz CT molecular complexity index is 162. The summed E-state index contributed by atoms with van der Waals surface area (Å²) in [6, 6.07) is 0. The number of hydrogen-bond acceptors (Lipinski definition) is 3. The lowest BCUT2D eigenvalue weighted by Crippen LogP contribution is -2.32. The molecule has 0 aromatic carbocycles. The van der Waals surface area contributed by atoms with Gasteiger partial charge in [-0.1, -0.05) is 20.8 Å². The normalized spacial score (nSPS) is 18.6. The Hall–Kier alpha value is 0.0700. The molecule has 0 aliphatic heterocycles. The molecule has 0 amide bonds. The second kappa shape index (κ2) is 6.51. The van der Waals surface area contributed by atoms with E-state index in [2.05, 4.69) is 5.32 Å². The number of aliphatic hydroxyl groups is 1. The summed E-state index contributed by atoms with van der Waals surface area (Å²) in [5, 5.41) is 12.4. The van der Waals surface area contributed by atoms with Gasteiger partial charge in [-0.3, -0.25) is 4.21 Å². The van der Waals surface area contributed by atoms with E-state index < -0.39 is 16.9 Å². The molecule has 0 aromatic heterocycles. The van der Waals surface area contributed by atoms with E-state index in [4.69, 9.17) is 0 Å². The van der Waals surface area contributed by atoms with Crippen LogP contribution in [-0.2, 0) is 10.8 Å². The fourth-order valence-corrected chi connectivity index (χ4v) is 2.35. The summed E-state index contributed by atoms with van der Waals surface area (Å²) >= 11 is 0. The zero-order valence-corrected chi connectivity index (χ0v) is 9.73. The highest BCUT2D eigenvalue weighted by Crippen LogP contribution is 2.09. The van der Waals surface area contributed by atoms with Crippen molar-refractivity contribution in [1.29, 1.82) is 0 Å². The molecule has 0 aromatic rings. The molecular weight excluding hydrogens is 186 g/mol. The van der Waals surface area contributed by atoms with Gasteiger partial charge in [-0.05, 0) is 13.0 Å². The van der Waals surface area contributed by atoms with Crippen LogP contribution in [0.4, 0.5) is 0 Å². The van der Waals surface area contributed by atoms with Crippen LogP contribution in [0.15, 0.2) is 0 Å². The van der Waals surface area contributed by atoms with E-state index in [0.29, 0.717) is 18.2 Å². The van der Waals surface area contributed by atoms with Gasteiger partial charge in [0.05, 0.1) is 11.9 Å². The van der Waals surface area contributed by atoms with Crippen LogP contribution in [-0.4, -0.2) is 40.0 Å². The first kappa shape index (κ1) is 13.1. The van der Waals surface area contributed by atoms with Crippen LogP contribution in [0.5, 0.6) is 0 Å². The number of rotatable bonds is 6. The van der Waals surface area contributed by atoms with Gasteiger partial charge in [-0.2, -0.15) is 0 Å². The molecule has 0 saturated carbocycles. The molecule has 3 unspecified atom stereocenters. The average molecular weight is 207 g/mol. The fourth-order valence-electron chi connectivity index (χ4n) is 0.940. The molecule has 0 spiro atoms. The zero-order valence-electron chi connectivity index (χ0n) is 8.91. The summed E-state index contributed by atoms with van der Waals surface area (Å²) < 4.78 is 11.6. The van der Waals surface area contributed by atoms with Crippen LogP contribution >= 0.6 is 0 Å². The van der Waals surface area contributed by atoms with Crippen molar-refractivity contribution < 1.29 is 9.32 Å². The van der Waals surface area contributed by atoms with Gasteiger partial charge in [0.2, 0.25) is 0 Å². The Morgan fingerprint density at radius 1 is 1.38 bits per heavy atom. The lowest BCUT2D eigenvalue weighted by Gasteiger charge is -2.17. The highest BCUT2D eigenvalue weighted by atomic mass is 32.2. The first-order chi connectivity index (χ1) is 5.99. The second-order valence-electron chi connectivity index (χ2n) is 3.71. The minimum Gasteiger partial charge on any atom is -0.391 e. The van der Waals surface area contributed by atoms with Gasteiger partial charge in [0.25, 0.3) is 0 Å². The van der Waals surface area contributed by atoms with E-state index in [0.717, 1.165) is 0 Å². The van der Waals surface area contributed by atoms with Gasteiger partial charge in [0.1, 0.15) is 0 Å². The van der Waals surface area contributed by atoms with Gasteiger partial charge in [0, 0.05) is 22.6 Å². The molecule has 0 heterocycles. The van der Waals surface area contributed by atoms with Crippen LogP contribution in [0.25, 0.3) is 0 Å². The number of nitrogens with one attached hydrogen (secondary N) is 1. The molecule has 4 heteroatoms. The van der Waals surface area contributed by atoms with Crippen LogP contribution in [0.2, 0.25) is 0 Å². The topological polar surface area (TPSA) is 49.3 Å². The van der Waals surface area contributed by atoms with Crippen molar-refractivity contribution in [2.24, 2.45) is 5.92 Å². The summed E-state index contributed by atoms with van der Waals surface area (Å²) in [7, 11) is 0.859. The Labute approximate surface area is 83.4 Å². The average Bonchev–Trinajstić information content (AvgIpc) is 2.03. The van der Waals surface area contributed by atoms with Gasteiger partial charge >= 0.3 is 0 Å². The minimum atomic E-state index is -0.916. The summed E-state index contributed by atoms with van der Waals surface area (Å²) in [5.41, 5.74) is 0. The summed E-state index contributed by atoms with van der Waals surface area (Å²) in [5.74, 6) is 0.780. The van der Waals surface area contributed by atoms with Crippen LogP contribution in [0.1, 0.15) is 20.8 Å². The third kappa shape index (κ3) is 5.39. The van der Waals surface area contributed by atoms with Crippen molar-refractivity contribution in [3.8, 4) is 0 Å². The predicted molar refractivity (Wildman–Crippen MR) is 57.2 cm³/mol. The van der Waals surface area contributed by atoms with Crippen molar-refractivity contribution in [3.63, 3.8) is 0 Å². The first-order valence-corrected chi connectivity index (χ1v) is 6.07. The van der Waals surface area contributed by atoms with Crippen molar-refractivity contribution >= 4 is 10.8 Å². The largest absolute Gasteiger partial charge is 0.391 e. The maximum atomic E-state index is 11.6. The molecule has 2 N–H and O–H groups in total.